The highest BCUT2D eigenvalue weighted by Crippen LogP contribution is 2.26. The molecule has 2 N–H and O–H groups in total. The van der Waals surface area contributed by atoms with Crippen LogP contribution in [0.5, 0.6) is 5.75 Å². The molecule has 1 aromatic carbocycles. The Balaban J connectivity index is 0.00000220. The maximum Gasteiger partial charge on any atom is 0.387 e. The van der Waals surface area contributed by atoms with Gasteiger partial charge in [-0.15, -0.1) is 12.4 Å². The van der Waals surface area contributed by atoms with Gasteiger partial charge in [-0.3, -0.25) is 10.1 Å². The van der Waals surface area contributed by atoms with Gasteiger partial charge in [0, 0.05) is 12.1 Å². The molecule has 4 nitrogen and oxygen atoms in total. The molecule has 2 rings (SSSR count). The lowest BCUT2D eigenvalue weighted by Gasteiger charge is -2.11. The summed E-state index contributed by atoms with van der Waals surface area (Å²) in [6.45, 7) is -3.47. The summed E-state index contributed by atoms with van der Waals surface area (Å²) in [6, 6.07) is 4.23. The lowest BCUT2D eigenvalue weighted by atomic mass is 10.2. The lowest BCUT2D eigenvalue weighted by molar-refractivity contribution is -0.118. The Bertz CT molecular complexity index is 485. The van der Waals surface area contributed by atoms with Crippen molar-refractivity contribution in [1.82, 2.24) is 5.32 Å². The summed E-state index contributed by atoms with van der Waals surface area (Å²) in [4.78, 5) is 11.7. The molecule has 21 heavy (non-hydrogen) atoms. The van der Waals surface area contributed by atoms with E-state index in [0.29, 0.717) is 5.69 Å². The Hall–Kier alpha value is -1.54. The topological polar surface area (TPSA) is 50.4 Å². The lowest BCUT2D eigenvalue weighted by Crippen LogP contribution is -2.35. The van der Waals surface area contributed by atoms with Gasteiger partial charge in [0.15, 0.2) is 0 Å². The molecule has 1 saturated heterocycles. The first-order chi connectivity index (χ1) is 9.35. The predicted molar refractivity (Wildman–Crippen MR) is 70.3 cm³/mol. The minimum Gasteiger partial charge on any atom is -0.435 e. The molecule has 1 aromatic rings. The van der Waals surface area contributed by atoms with E-state index in [-0.39, 0.29) is 18.2 Å². The van der Waals surface area contributed by atoms with E-state index in [9.17, 15) is 22.4 Å². The molecule has 1 unspecified atom stereocenters. The Morgan fingerprint density at radius 3 is 2.43 bits per heavy atom. The fraction of sp³-hybridized carbons (Fsp3) is 0.417. The molecule has 118 valence electrons. The molecule has 1 fully saturated rings. The Labute approximate surface area is 124 Å². The molecular formula is C12H13ClF4N2O2. The number of alkyl halides is 4. The van der Waals surface area contributed by atoms with Crippen LogP contribution in [0.4, 0.5) is 23.2 Å². The highest BCUT2D eigenvalue weighted by Gasteiger charge is 2.42. The fourth-order valence-corrected chi connectivity index (χ4v) is 1.85. The van der Waals surface area contributed by atoms with E-state index < -0.39 is 37.4 Å². The maximum atomic E-state index is 12.9. The van der Waals surface area contributed by atoms with Crippen molar-refractivity contribution in [1.29, 1.82) is 0 Å². The van der Waals surface area contributed by atoms with E-state index in [2.05, 4.69) is 15.4 Å². The fourth-order valence-electron chi connectivity index (χ4n) is 1.85. The summed E-state index contributed by atoms with van der Waals surface area (Å²) < 4.78 is 53.9. The third-order valence-electron chi connectivity index (χ3n) is 2.77. The van der Waals surface area contributed by atoms with E-state index in [1.807, 2.05) is 0 Å². The van der Waals surface area contributed by atoms with Crippen molar-refractivity contribution in [2.45, 2.75) is 25.0 Å². The second-order valence-corrected chi connectivity index (χ2v) is 4.39. The van der Waals surface area contributed by atoms with Gasteiger partial charge in [-0.2, -0.15) is 8.78 Å². The number of halogens is 5. The molecular weight excluding hydrogens is 316 g/mol. The van der Waals surface area contributed by atoms with Gasteiger partial charge in [0.2, 0.25) is 5.91 Å². The first kappa shape index (κ1) is 17.5. The third kappa shape index (κ3) is 5.05. The average Bonchev–Trinajstić information content (AvgIpc) is 2.72. The molecule has 1 amide bonds. The molecule has 1 atom stereocenters. The second-order valence-electron chi connectivity index (χ2n) is 4.39. The van der Waals surface area contributed by atoms with E-state index in [0.717, 1.165) is 0 Å². The predicted octanol–water partition coefficient (Wildman–Crippen LogP) is 2.65. The summed E-state index contributed by atoms with van der Waals surface area (Å²) in [5, 5.41) is 4.84. The smallest absolute Gasteiger partial charge is 0.387 e. The molecule has 0 bridgehead atoms. The molecule has 1 aliphatic rings. The van der Waals surface area contributed by atoms with Gasteiger partial charge in [0.25, 0.3) is 5.92 Å². The SMILES string of the molecule is Cl.O=C(Nc1ccc(OC(F)F)cc1)C1CC(F)(F)CN1. The van der Waals surface area contributed by atoms with Crippen LogP contribution in [0.2, 0.25) is 0 Å². The zero-order valence-corrected chi connectivity index (χ0v) is 11.4. The Kier molecular flexibility index (Phi) is 5.79. The van der Waals surface area contributed by atoms with Crippen LogP contribution in [-0.4, -0.2) is 31.0 Å². The maximum absolute atomic E-state index is 12.9. The number of carbonyl (C=O) groups excluding carboxylic acids is 1. The molecule has 0 aliphatic carbocycles. The van der Waals surface area contributed by atoms with Crippen LogP contribution < -0.4 is 15.4 Å². The Morgan fingerprint density at radius 2 is 1.95 bits per heavy atom. The van der Waals surface area contributed by atoms with Crippen molar-refractivity contribution in [3.8, 4) is 5.75 Å². The zero-order chi connectivity index (χ0) is 14.8. The molecule has 0 radical (unpaired) electrons. The van der Waals surface area contributed by atoms with Crippen LogP contribution in [-0.2, 0) is 4.79 Å². The number of ether oxygens (including phenoxy) is 1. The number of carbonyl (C=O) groups is 1. The van der Waals surface area contributed by atoms with Crippen LogP contribution >= 0.6 is 12.4 Å². The first-order valence-corrected chi connectivity index (χ1v) is 5.83. The quantitative estimate of drug-likeness (QED) is 0.835. The highest BCUT2D eigenvalue weighted by atomic mass is 35.5. The minimum absolute atomic E-state index is 0. The largest absolute Gasteiger partial charge is 0.435 e. The first-order valence-electron chi connectivity index (χ1n) is 5.83. The zero-order valence-electron chi connectivity index (χ0n) is 10.6. The van der Waals surface area contributed by atoms with Crippen molar-refractivity contribution in [3.05, 3.63) is 24.3 Å². The van der Waals surface area contributed by atoms with Crippen molar-refractivity contribution in [2.75, 3.05) is 11.9 Å². The normalized spacial score (nSPS) is 20.0. The van der Waals surface area contributed by atoms with Gasteiger partial charge < -0.3 is 10.1 Å². The number of nitrogens with one attached hydrogen (secondary N) is 2. The van der Waals surface area contributed by atoms with Crippen LogP contribution in [0.25, 0.3) is 0 Å². The summed E-state index contributed by atoms with van der Waals surface area (Å²) >= 11 is 0. The number of hydrogen-bond donors (Lipinski definition) is 2. The van der Waals surface area contributed by atoms with Crippen LogP contribution in [0.1, 0.15) is 6.42 Å². The highest BCUT2D eigenvalue weighted by molar-refractivity contribution is 5.95. The van der Waals surface area contributed by atoms with E-state index in [1.165, 1.54) is 24.3 Å². The van der Waals surface area contributed by atoms with E-state index in [4.69, 9.17) is 0 Å². The average molecular weight is 329 g/mol. The number of anilines is 1. The summed E-state index contributed by atoms with van der Waals surface area (Å²) in [5.41, 5.74) is 0.314. The molecule has 0 spiro atoms. The van der Waals surface area contributed by atoms with Crippen LogP contribution in [0.3, 0.4) is 0 Å². The molecule has 1 heterocycles. The van der Waals surface area contributed by atoms with Crippen molar-refractivity contribution >= 4 is 24.0 Å². The third-order valence-corrected chi connectivity index (χ3v) is 2.77. The molecule has 0 saturated carbocycles. The van der Waals surface area contributed by atoms with Gasteiger partial charge in [-0.1, -0.05) is 0 Å². The van der Waals surface area contributed by atoms with Gasteiger partial charge in [-0.05, 0) is 24.3 Å². The van der Waals surface area contributed by atoms with Gasteiger partial charge in [-0.25, -0.2) is 8.78 Å². The molecule has 1 aliphatic heterocycles. The summed E-state index contributed by atoms with van der Waals surface area (Å²) in [7, 11) is 0. The van der Waals surface area contributed by atoms with Gasteiger partial charge >= 0.3 is 6.61 Å². The molecule has 0 aromatic heterocycles. The standard InChI is InChI=1S/C12H12F4N2O2.ClH/c13-11(14)20-8-3-1-7(2-4-8)18-10(19)9-5-12(15,16)6-17-9;/h1-4,9,11,17H,5-6H2,(H,18,19);1H. The van der Waals surface area contributed by atoms with Crippen molar-refractivity contribution in [2.24, 2.45) is 0 Å². The monoisotopic (exact) mass is 328 g/mol. The van der Waals surface area contributed by atoms with Crippen molar-refractivity contribution < 1.29 is 27.1 Å². The molecule has 9 heteroatoms. The minimum atomic E-state index is -2.93. The van der Waals surface area contributed by atoms with Crippen LogP contribution in [0, 0.1) is 0 Å². The summed E-state index contributed by atoms with van der Waals surface area (Å²) in [5.74, 6) is -3.54. The van der Waals surface area contributed by atoms with Gasteiger partial charge in [0.05, 0.1) is 12.6 Å². The van der Waals surface area contributed by atoms with Crippen LogP contribution in [0.15, 0.2) is 24.3 Å². The number of rotatable bonds is 4. The van der Waals surface area contributed by atoms with Crippen molar-refractivity contribution in [3.63, 3.8) is 0 Å². The second kappa shape index (κ2) is 6.95. The summed E-state index contributed by atoms with van der Waals surface area (Å²) in [6.07, 6.45) is -0.564. The number of amides is 1. The Morgan fingerprint density at radius 1 is 1.33 bits per heavy atom. The number of hydrogen-bond acceptors (Lipinski definition) is 3. The van der Waals surface area contributed by atoms with Gasteiger partial charge in [0.1, 0.15) is 5.75 Å². The number of benzene rings is 1. The van der Waals surface area contributed by atoms with E-state index >= 15 is 0 Å². The van der Waals surface area contributed by atoms with E-state index in [1.54, 1.807) is 0 Å².